The Bertz CT molecular complexity index is 137. The third-order valence-corrected chi connectivity index (χ3v) is 1.84. The molecule has 0 spiro atoms. The van der Waals surface area contributed by atoms with Crippen molar-refractivity contribution < 1.29 is 13.2 Å². The fraction of sp³-hybridized carbons (Fsp3) is 1.00. The summed E-state index contributed by atoms with van der Waals surface area (Å²) < 4.78 is 35.6. The van der Waals surface area contributed by atoms with E-state index < -0.39 is 12.7 Å². The van der Waals surface area contributed by atoms with Gasteiger partial charge in [-0.15, -0.1) is 0 Å². The van der Waals surface area contributed by atoms with Gasteiger partial charge in [-0.2, -0.15) is 13.2 Å². The first-order valence-electron chi connectivity index (χ1n) is 4.91. The first-order chi connectivity index (χ1) is 6.45. The molecule has 2 nitrogen and oxygen atoms in total. The van der Waals surface area contributed by atoms with Crippen LogP contribution in [0.4, 0.5) is 13.2 Å². The van der Waals surface area contributed by atoms with E-state index >= 15 is 0 Å². The maximum Gasteiger partial charge on any atom is 0.401 e. The minimum Gasteiger partial charge on any atom is -0.317 e. The fourth-order valence-electron chi connectivity index (χ4n) is 1.19. The molecular weight excluding hydrogens is 193 g/mol. The zero-order chi connectivity index (χ0) is 11.0. The molecule has 0 aromatic heterocycles. The Kier molecular flexibility index (Phi) is 6.92. The van der Waals surface area contributed by atoms with E-state index in [1.54, 1.807) is 0 Å². The molecule has 0 radical (unpaired) electrons. The molecule has 0 aromatic carbocycles. The van der Waals surface area contributed by atoms with Crippen LogP contribution in [-0.4, -0.2) is 44.3 Å². The average Bonchev–Trinajstić information content (AvgIpc) is 2.00. The molecule has 0 atom stereocenters. The van der Waals surface area contributed by atoms with Crippen molar-refractivity contribution in [3.63, 3.8) is 0 Å². The Hall–Kier alpha value is -0.290. The van der Waals surface area contributed by atoms with Crippen molar-refractivity contribution in [2.45, 2.75) is 25.9 Å². The van der Waals surface area contributed by atoms with Crippen LogP contribution in [0.1, 0.15) is 19.8 Å². The van der Waals surface area contributed by atoms with Crippen molar-refractivity contribution in [3.05, 3.63) is 0 Å². The van der Waals surface area contributed by atoms with Crippen molar-refractivity contribution in [2.75, 3.05) is 33.2 Å². The standard InChI is InChI=1S/C9H19F3N2/c1-3-13-6-4-5-7-14(2)8-9(10,11)12/h13H,3-8H2,1-2H3. The predicted octanol–water partition coefficient (Wildman–Crippen LogP) is 1.87. The van der Waals surface area contributed by atoms with Crippen molar-refractivity contribution in [2.24, 2.45) is 0 Å². The molecular formula is C9H19F3N2. The number of nitrogens with one attached hydrogen (secondary N) is 1. The minimum atomic E-state index is -4.07. The van der Waals surface area contributed by atoms with Gasteiger partial charge in [-0.1, -0.05) is 6.92 Å². The lowest BCUT2D eigenvalue weighted by Gasteiger charge is -2.18. The maximum absolute atomic E-state index is 11.9. The first-order valence-corrected chi connectivity index (χ1v) is 4.91. The van der Waals surface area contributed by atoms with Gasteiger partial charge < -0.3 is 5.32 Å². The SMILES string of the molecule is CCNCCCCN(C)CC(F)(F)F. The van der Waals surface area contributed by atoms with Gasteiger partial charge in [0.15, 0.2) is 0 Å². The molecule has 0 amide bonds. The van der Waals surface area contributed by atoms with Crippen LogP contribution in [-0.2, 0) is 0 Å². The predicted molar refractivity (Wildman–Crippen MR) is 51.3 cm³/mol. The van der Waals surface area contributed by atoms with Crippen molar-refractivity contribution >= 4 is 0 Å². The molecule has 0 unspecified atom stereocenters. The van der Waals surface area contributed by atoms with Crippen LogP contribution >= 0.6 is 0 Å². The van der Waals surface area contributed by atoms with Crippen LogP contribution in [0.2, 0.25) is 0 Å². The van der Waals surface area contributed by atoms with Gasteiger partial charge >= 0.3 is 6.18 Å². The Morgan fingerprint density at radius 1 is 1.21 bits per heavy atom. The van der Waals surface area contributed by atoms with Gasteiger partial charge in [0.2, 0.25) is 0 Å². The van der Waals surface area contributed by atoms with E-state index in [2.05, 4.69) is 5.32 Å². The minimum absolute atomic E-state index is 0.505. The molecule has 86 valence electrons. The molecule has 0 saturated heterocycles. The second-order valence-corrected chi connectivity index (χ2v) is 3.41. The van der Waals surface area contributed by atoms with Crippen LogP contribution in [0.5, 0.6) is 0 Å². The van der Waals surface area contributed by atoms with Gasteiger partial charge in [0.1, 0.15) is 0 Å². The lowest BCUT2D eigenvalue weighted by molar-refractivity contribution is -0.143. The molecule has 0 aliphatic heterocycles. The smallest absolute Gasteiger partial charge is 0.317 e. The van der Waals surface area contributed by atoms with Gasteiger partial charge in [0, 0.05) is 0 Å². The van der Waals surface area contributed by atoms with Crippen molar-refractivity contribution in [1.29, 1.82) is 0 Å². The van der Waals surface area contributed by atoms with E-state index in [0.29, 0.717) is 6.54 Å². The molecule has 0 rings (SSSR count). The number of hydrogen-bond acceptors (Lipinski definition) is 2. The second kappa shape index (κ2) is 7.06. The largest absolute Gasteiger partial charge is 0.401 e. The number of alkyl halides is 3. The summed E-state index contributed by atoms with van der Waals surface area (Å²) in [7, 11) is 1.50. The van der Waals surface area contributed by atoms with E-state index in [9.17, 15) is 13.2 Å². The van der Waals surface area contributed by atoms with E-state index in [-0.39, 0.29) is 0 Å². The monoisotopic (exact) mass is 212 g/mol. The lowest BCUT2D eigenvalue weighted by Crippen LogP contribution is -2.32. The highest BCUT2D eigenvalue weighted by molar-refractivity contribution is 4.59. The summed E-state index contributed by atoms with van der Waals surface area (Å²) in [6.45, 7) is 3.50. The summed E-state index contributed by atoms with van der Waals surface area (Å²) in [6, 6.07) is 0. The average molecular weight is 212 g/mol. The molecule has 0 heterocycles. The highest BCUT2D eigenvalue weighted by atomic mass is 19.4. The molecule has 14 heavy (non-hydrogen) atoms. The van der Waals surface area contributed by atoms with Crippen molar-refractivity contribution in [3.8, 4) is 0 Å². The topological polar surface area (TPSA) is 15.3 Å². The molecule has 0 fully saturated rings. The Morgan fingerprint density at radius 2 is 1.86 bits per heavy atom. The second-order valence-electron chi connectivity index (χ2n) is 3.41. The van der Waals surface area contributed by atoms with Crippen LogP contribution in [0.15, 0.2) is 0 Å². The Labute approximate surface area is 83.5 Å². The Balaban J connectivity index is 3.31. The van der Waals surface area contributed by atoms with Crippen LogP contribution < -0.4 is 5.32 Å². The highest BCUT2D eigenvalue weighted by Gasteiger charge is 2.28. The Morgan fingerprint density at radius 3 is 2.36 bits per heavy atom. The summed E-state index contributed by atoms with van der Waals surface area (Å²) in [5.74, 6) is 0. The lowest BCUT2D eigenvalue weighted by atomic mass is 10.3. The van der Waals surface area contributed by atoms with E-state index in [0.717, 1.165) is 25.9 Å². The van der Waals surface area contributed by atoms with Gasteiger partial charge in [0.25, 0.3) is 0 Å². The summed E-state index contributed by atoms with van der Waals surface area (Å²) in [5, 5.41) is 3.13. The number of rotatable bonds is 7. The molecule has 0 saturated carbocycles. The van der Waals surface area contributed by atoms with Crippen LogP contribution in [0.3, 0.4) is 0 Å². The molecule has 0 aromatic rings. The third kappa shape index (κ3) is 9.80. The van der Waals surface area contributed by atoms with Crippen molar-refractivity contribution in [1.82, 2.24) is 10.2 Å². The normalized spacial score (nSPS) is 12.4. The summed E-state index contributed by atoms with van der Waals surface area (Å²) in [6.07, 6.45) is -2.34. The van der Waals surface area contributed by atoms with E-state index in [1.165, 1.54) is 11.9 Å². The molecule has 0 aliphatic carbocycles. The fourth-order valence-corrected chi connectivity index (χ4v) is 1.19. The zero-order valence-electron chi connectivity index (χ0n) is 8.82. The van der Waals surface area contributed by atoms with Gasteiger partial charge in [-0.25, -0.2) is 0 Å². The number of unbranched alkanes of at least 4 members (excludes halogenated alkanes) is 1. The van der Waals surface area contributed by atoms with Gasteiger partial charge in [0.05, 0.1) is 6.54 Å². The highest BCUT2D eigenvalue weighted by Crippen LogP contribution is 2.15. The molecule has 1 N–H and O–H groups in total. The van der Waals surface area contributed by atoms with E-state index in [1.807, 2.05) is 6.92 Å². The van der Waals surface area contributed by atoms with E-state index in [4.69, 9.17) is 0 Å². The summed E-state index contributed by atoms with van der Waals surface area (Å²) >= 11 is 0. The summed E-state index contributed by atoms with van der Waals surface area (Å²) in [4.78, 5) is 1.31. The van der Waals surface area contributed by atoms with Crippen LogP contribution in [0.25, 0.3) is 0 Å². The first kappa shape index (κ1) is 13.7. The number of nitrogens with zero attached hydrogens (tertiary/aromatic N) is 1. The van der Waals surface area contributed by atoms with Gasteiger partial charge in [-0.3, -0.25) is 4.90 Å². The summed E-state index contributed by atoms with van der Waals surface area (Å²) in [5.41, 5.74) is 0. The quantitative estimate of drug-likeness (QED) is 0.648. The number of halogens is 3. The molecule has 0 bridgehead atoms. The molecule has 5 heteroatoms. The molecule has 0 aliphatic rings. The maximum atomic E-state index is 11.9. The van der Waals surface area contributed by atoms with Gasteiger partial charge in [-0.05, 0) is 39.5 Å². The third-order valence-electron chi connectivity index (χ3n) is 1.84. The zero-order valence-corrected chi connectivity index (χ0v) is 8.82. The number of hydrogen-bond donors (Lipinski definition) is 1. The van der Waals surface area contributed by atoms with Crippen LogP contribution in [0, 0.1) is 0 Å².